The number of aliphatic carboxylic acids is 1. The number of likely N-dealkylation sites (tertiary alicyclic amines) is 1. The van der Waals surface area contributed by atoms with Crippen LogP contribution in [0.4, 0.5) is 0 Å². The highest BCUT2D eigenvalue weighted by Crippen LogP contribution is 2.24. The van der Waals surface area contributed by atoms with Gasteiger partial charge in [-0.1, -0.05) is 6.07 Å². The predicted octanol–water partition coefficient (Wildman–Crippen LogP) is 0.587. The fraction of sp³-hybridized carbons (Fsp3) is 0.429. The number of nitriles is 1. The van der Waals surface area contributed by atoms with Crippen LogP contribution in [0, 0.1) is 11.3 Å². The Morgan fingerprint density at radius 3 is 2.95 bits per heavy atom. The van der Waals surface area contributed by atoms with Crippen LogP contribution in [0.5, 0.6) is 5.75 Å². The van der Waals surface area contributed by atoms with Gasteiger partial charge in [0.1, 0.15) is 17.9 Å². The summed E-state index contributed by atoms with van der Waals surface area (Å²) in [7, 11) is 1.49. The SMILES string of the molecule is COc1ccc(CN2CC(O)CC2C(=O)O)cc1C#N. The van der Waals surface area contributed by atoms with E-state index >= 15 is 0 Å². The molecule has 6 nitrogen and oxygen atoms in total. The summed E-state index contributed by atoms with van der Waals surface area (Å²) in [4.78, 5) is 12.9. The molecule has 0 amide bonds. The van der Waals surface area contributed by atoms with Gasteiger partial charge in [-0.25, -0.2) is 0 Å². The number of aliphatic hydroxyl groups excluding tert-OH is 1. The zero-order chi connectivity index (χ0) is 14.7. The third kappa shape index (κ3) is 2.90. The van der Waals surface area contributed by atoms with Crippen molar-refractivity contribution in [3.63, 3.8) is 0 Å². The largest absolute Gasteiger partial charge is 0.495 e. The molecule has 0 aromatic heterocycles. The number of carboxylic acid groups (broad SMARTS) is 1. The fourth-order valence-corrected chi connectivity index (χ4v) is 2.49. The van der Waals surface area contributed by atoms with Crippen molar-refractivity contribution in [2.24, 2.45) is 0 Å². The van der Waals surface area contributed by atoms with Gasteiger partial charge in [-0.2, -0.15) is 5.26 Å². The smallest absolute Gasteiger partial charge is 0.321 e. The minimum absolute atomic E-state index is 0.233. The first-order valence-electron chi connectivity index (χ1n) is 6.27. The minimum Gasteiger partial charge on any atom is -0.495 e. The maximum Gasteiger partial charge on any atom is 0.321 e. The second-order valence-corrected chi connectivity index (χ2v) is 4.82. The Morgan fingerprint density at radius 1 is 1.60 bits per heavy atom. The number of β-amino-alcohol motifs (C(OH)–C–C–N with tert-alkyl or cyclic N) is 1. The summed E-state index contributed by atoms with van der Waals surface area (Å²) in [6.07, 6.45) is -0.388. The highest BCUT2D eigenvalue weighted by molar-refractivity contribution is 5.74. The Kier molecular flexibility index (Phi) is 4.23. The van der Waals surface area contributed by atoms with Crippen LogP contribution in [0.2, 0.25) is 0 Å². The monoisotopic (exact) mass is 276 g/mol. The lowest BCUT2D eigenvalue weighted by Gasteiger charge is -2.21. The lowest BCUT2D eigenvalue weighted by atomic mass is 10.1. The summed E-state index contributed by atoms with van der Waals surface area (Å²) >= 11 is 0. The number of methoxy groups -OCH3 is 1. The van der Waals surface area contributed by atoms with Crippen molar-refractivity contribution in [2.45, 2.75) is 25.1 Å². The van der Waals surface area contributed by atoms with Gasteiger partial charge >= 0.3 is 5.97 Å². The highest BCUT2D eigenvalue weighted by Gasteiger charge is 2.35. The van der Waals surface area contributed by atoms with Gasteiger partial charge < -0.3 is 14.9 Å². The molecule has 1 heterocycles. The molecule has 0 saturated carbocycles. The van der Waals surface area contributed by atoms with Crippen molar-refractivity contribution < 1.29 is 19.7 Å². The Hall–Kier alpha value is -2.10. The van der Waals surface area contributed by atoms with Gasteiger partial charge in [-0.15, -0.1) is 0 Å². The second-order valence-electron chi connectivity index (χ2n) is 4.82. The van der Waals surface area contributed by atoms with Crippen molar-refractivity contribution in [1.82, 2.24) is 4.90 Å². The molecule has 1 aromatic carbocycles. The zero-order valence-corrected chi connectivity index (χ0v) is 11.1. The van der Waals surface area contributed by atoms with E-state index in [2.05, 4.69) is 0 Å². The number of rotatable bonds is 4. The van der Waals surface area contributed by atoms with Crippen LogP contribution in [0.25, 0.3) is 0 Å². The molecule has 1 aromatic rings. The Morgan fingerprint density at radius 2 is 2.35 bits per heavy atom. The third-order valence-corrected chi connectivity index (χ3v) is 3.44. The number of carboxylic acids is 1. The zero-order valence-electron chi connectivity index (χ0n) is 11.1. The van der Waals surface area contributed by atoms with Crippen LogP contribution in [0.1, 0.15) is 17.5 Å². The van der Waals surface area contributed by atoms with E-state index in [1.165, 1.54) is 7.11 Å². The molecule has 0 bridgehead atoms. The molecule has 1 aliphatic heterocycles. The van der Waals surface area contributed by atoms with E-state index in [1.807, 2.05) is 6.07 Å². The number of ether oxygens (including phenoxy) is 1. The van der Waals surface area contributed by atoms with Gasteiger partial charge in [0.25, 0.3) is 0 Å². The predicted molar refractivity (Wildman–Crippen MR) is 70.2 cm³/mol. The van der Waals surface area contributed by atoms with E-state index in [9.17, 15) is 9.90 Å². The normalized spacial score (nSPS) is 22.4. The minimum atomic E-state index is -0.935. The van der Waals surface area contributed by atoms with Crippen molar-refractivity contribution in [2.75, 3.05) is 13.7 Å². The molecule has 2 atom stereocenters. The molecule has 1 saturated heterocycles. The van der Waals surface area contributed by atoms with Crippen molar-refractivity contribution in [3.05, 3.63) is 29.3 Å². The number of nitrogens with zero attached hydrogens (tertiary/aromatic N) is 2. The summed E-state index contributed by atoms with van der Waals surface area (Å²) in [5.41, 5.74) is 1.24. The summed E-state index contributed by atoms with van der Waals surface area (Å²) < 4.78 is 5.07. The van der Waals surface area contributed by atoms with Crippen LogP contribution in [-0.2, 0) is 11.3 Å². The van der Waals surface area contributed by atoms with Crippen LogP contribution < -0.4 is 4.74 Å². The molecule has 20 heavy (non-hydrogen) atoms. The van der Waals surface area contributed by atoms with Crippen LogP contribution in [0.15, 0.2) is 18.2 Å². The third-order valence-electron chi connectivity index (χ3n) is 3.44. The Bertz CT molecular complexity index is 553. The Labute approximate surface area is 116 Å². The highest BCUT2D eigenvalue weighted by atomic mass is 16.5. The molecule has 2 N–H and O–H groups in total. The molecule has 0 radical (unpaired) electrons. The van der Waals surface area contributed by atoms with E-state index in [-0.39, 0.29) is 6.42 Å². The lowest BCUT2D eigenvalue weighted by molar-refractivity contribution is -0.142. The molecular formula is C14H16N2O4. The summed E-state index contributed by atoms with van der Waals surface area (Å²) in [6, 6.07) is 6.53. The van der Waals surface area contributed by atoms with E-state index in [1.54, 1.807) is 23.1 Å². The van der Waals surface area contributed by atoms with E-state index in [0.717, 1.165) is 5.56 Å². The molecular weight excluding hydrogens is 260 g/mol. The number of carbonyl (C=O) groups is 1. The number of benzene rings is 1. The maximum atomic E-state index is 11.1. The van der Waals surface area contributed by atoms with Gasteiger partial charge in [-0.05, 0) is 17.7 Å². The van der Waals surface area contributed by atoms with Gasteiger partial charge in [-0.3, -0.25) is 9.69 Å². The van der Waals surface area contributed by atoms with Crippen LogP contribution in [-0.4, -0.2) is 46.9 Å². The van der Waals surface area contributed by atoms with Gasteiger partial charge in [0.15, 0.2) is 0 Å². The lowest BCUT2D eigenvalue weighted by Crippen LogP contribution is -2.35. The molecule has 0 spiro atoms. The van der Waals surface area contributed by atoms with Gasteiger partial charge in [0, 0.05) is 19.5 Å². The summed E-state index contributed by atoms with van der Waals surface area (Å²) in [5.74, 6) is -0.442. The first-order valence-corrected chi connectivity index (χ1v) is 6.27. The fourth-order valence-electron chi connectivity index (χ4n) is 2.49. The molecule has 6 heteroatoms. The summed E-state index contributed by atoms with van der Waals surface area (Å²) in [6.45, 7) is 0.706. The van der Waals surface area contributed by atoms with Crippen molar-refractivity contribution in [1.29, 1.82) is 5.26 Å². The van der Waals surface area contributed by atoms with E-state index < -0.39 is 18.1 Å². The molecule has 2 unspecified atom stereocenters. The van der Waals surface area contributed by atoms with Crippen LogP contribution in [0.3, 0.4) is 0 Å². The van der Waals surface area contributed by atoms with Crippen molar-refractivity contribution in [3.8, 4) is 11.8 Å². The quantitative estimate of drug-likeness (QED) is 0.835. The molecule has 0 aliphatic carbocycles. The molecule has 2 rings (SSSR count). The number of aliphatic hydroxyl groups is 1. The first-order chi connectivity index (χ1) is 9.55. The first kappa shape index (κ1) is 14.3. The maximum absolute atomic E-state index is 11.1. The van der Waals surface area contributed by atoms with E-state index in [0.29, 0.717) is 24.4 Å². The van der Waals surface area contributed by atoms with Gasteiger partial charge in [0.2, 0.25) is 0 Å². The number of hydrogen-bond donors (Lipinski definition) is 2. The average Bonchev–Trinajstić information content (AvgIpc) is 2.79. The van der Waals surface area contributed by atoms with Crippen LogP contribution >= 0.6 is 0 Å². The molecule has 106 valence electrons. The Balaban J connectivity index is 2.17. The molecule has 1 aliphatic rings. The summed E-state index contributed by atoms with van der Waals surface area (Å²) in [5, 5.41) is 27.8. The second kappa shape index (κ2) is 5.90. The topological polar surface area (TPSA) is 93.8 Å². The molecule has 1 fully saturated rings. The van der Waals surface area contributed by atoms with E-state index in [4.69, 9.17) is 15.1 Å². The van der Waals surface area contributed by atoms with Crippen molar-refractivity contribution >= 4 is 5.97 Å². The van der Waals surface area contributed by atoms with Gasteiger partial charge in [0.05, 0.1) is 18.8 Å². The number of hydrogen-bond acceptors (Lipinski definition) is 5. The standard InChI is InChI=1S/C14H16N2O4/c1-20-13-3-2-9(4-10(13)6-15)7-16-8-11(17)5-12(16)14(18)19/h2-4,11-12,17H,5,7-8H2,1H3,(H,18,19). The average molecular weight is 276 g/mol.